The zero-order valence-corrected chi connectivity index (χ0v) is 29.4. The van der Waals surface area contributed by atoms with Gasteiger partial charge < -0.3 is 9.47 Å². The zero-order valence-electron chi connectivity index (χ0n) is 29.4. The summed E-state index contributed by atoms with van der Waals surface area (Å²) in [6, 6.07) is 17.5. The van der Waals surface area contributed by atoms with Crippen LogP contribution < -0.4 is 4.74 Å². The van der Waals surface area contributed by atoms with Crippen molar-refractivity contribution in [2.45, 2.75) is 181 Å². The second-order valence-electron chi connectivity index (χ2n) is 13.3. The molecular formula is C42H70O2. The van der Waals surface area contributed by atoms with Gasteiger partial charge in [0.15, 0.2) is 0 Å². The van der Waals surface area contributed by atoms with Gasteiger partial charge in [-0.25, -0.2) is 0 Å². The molecule has 250 valence electrons. The van der Waals surface area contributed by atoms with Gasteiger partial charge in [-0.15, -0.1) is 0 Å². The third-order valence-electron chi connectivity index (χ3n) is 9.20. The highest BCUT2D eigenvalue weighted by Gasteiger charge is 2.07. The fraction of sp³-hybridized carbons (Fsp3) is 0.714. The van der Waals surface area contributed by atoms with Gasteiger partial charge in [-0.05, 0) is 48.6 Å². The van der Waals surface area contributed by atoms with Gasteiger partial charge >= 0.3 is 0 Å². The Hall–Kier alpha value is -1.80. The lowest BCUT2D eigenvalue weighted by atomic mass is 10.0. The highest BCUT2D eigenvalue weighted by atomic mass is 16.5. The van der Waals surface area contributed by atoms with Crippen molar-refractivity contribution in [1.82, 2.24) is 0 Å². The van der Waals surface area contributed by atoms with E-state index in [4.69, 9.17) is 9.47 Å². The fourth-order valence-electron chi connectivity index (χ4n) is 6.12. The van der Waals surface area contributed by atoms with Gasteiger partial charge in [0, 0.05) is 6.61 Å². The molecule has 0 saturated carbocycles. The van der Waals surface area contributed by atoms with Crippen molar-refractivity contribution in [3.05, 3.63) is 54.1 Å². The Morgan fingerprint density at radius 3 is 1.16 bits per heavy atom. The Morgan fingerprint density at radius 2 is 0.750 bits per heavy atom. The molecule has 0 aliphatic heterocycles. The second kappa shape index (κ2) is 27.5. The number of ether oxygens (including phenoxy) is 2. The molecule has 0 aliphatic rings. The van der Waals surface area contributed by atoms with Crippen molar-refractivity contribution in [2.24, 2.45) is 0 Å². The van der Waals surface area contributed by atoms with Crippen LogP contribution in [-0.2, 0) is 4.74 Å². The van der Waals surface area contributed by atoms with Gasteiger partial charge in [-0.3, -0.25) is 0 Å². The van der Waals surface area contributed by atoms with E-state index in [0.717, 1.165) is 25.4 Å². The lowest BCUT2D eigenvalue weighted by molar-refractivity contribution is 0.0627. The van der Waals surface area contributed by atoms with E-state index in [1.807, 2.05) is 0 Å². The number of benzene rings is 2. The summed E-state index contributed by atoms with van der Waals surface area (Å²) in [5.41, 5.74) is 3.74. The first-order valence-electron chi connectivity index (χ1n) is 19.2. The Labute approximate surface area is 274 Å². The summed E-state index contributed by atoms with van der Waals surface area (Å²) in [4.78, 5) is 0. The van der Waals surface area contributed by atoms with E-state index in [1.165, 1.54) is 164 Å². The summed E-state index contributed by atoms with van der Waals surface area (Å²) in [6.45, 7) is 8.44. The quantitative estimate of drug-likeness (QED) is 0.0824. The summed E-state index contributed by atoms with van der Waals surface area (Å²) < 4.78 is 12.2. The zero-order chi connectivity index (χ0) is 31.3. The first kappa shape index (κ1) is 38.4. The van der Waals surface area contributed by atoms with Crippen LogP contribution in [0.5, 0.6) is 5.75 Å². The van der Waals surface area contributed by atoms with Gasteiger partial charge in [-0.2, -0.15) is 0 Å². The molecule has 2 nitrogen and oxygen atoms in total. The molecule has 1 unspecified atom stereocenters. The molecule has 0 amide bonds. The molecule has 0 saturated heterocycles. The van der Waals surface area contributed by atoms with Crippen LogP contribution in [0, 0.1) is 0 Å². The molecule has 0 radical (unpaired) electrons. The van der Waals surface area contributed by atoms with Gasteiger partial charge in [0.05, 0.1) is 12.7 Å². The average molecular weight is 607 g/mol. The summed E-state index contributed by atoms with van der Waals surface area (Å²) in [5, 5.41) is 0. The third kappa shape index (κ3) is 19.6. The molecule has 0 N–H and O–H groups in total. The van der Waals surface area contributed by atoms with E-state index in [0.29, 0.717) is 0 Å². The topological polar surface area (TPSA) is 18.5 Å². The van der Waals surface area contributed by atoms with E-state index in [1.54, 1.807) is 0 Å². The van der Waals surface area contributed by atoms with Crippen LogP contribution in [0.4, 0.5) is 0 Å². The smallest absolute Gasteiger partial charge is 0.119 e. The SMILES string of the molecule is CCCCCCCCCCCCCCCOc1ccc(-c2ccc(C(C)OCCCCCCCCCCCCC)cc2)cc1. The van der Waals surface area contributed by atoms with Crippen LogP contribution in [-0.4, -0.2) is 13.2 Å². The summed E-state index contributed by atoms with van der Waals surface area (Å²) in [7, 11) is 0. The highest BCUT2D eigenvalue weighted by Crippen LogP contribution is 2.26. The summed E-state index contributed by atoms with van der Waals surface area (Å²) >= 11 is 0. The summed E-state index contributed by atoms with van der Waals surface area (Å²) in [5.74, 6) is 0.980. The molecular weight excluding hydrogens is 536 g/mol. The largest absolute Gasteiger partial charge is 0.494 e. The molecule has 0 aliphatic carbocycles. The molecule has 1 atom stereocenters. The van der Waals surface area contributed by atoms with Gasteiger partial charge in [-0.1, -0.05) is 192 Å². The number of rotatable bonds is 30. The molecule has 0 bridgehead atoms. The predicted molar refractivity (Wildman–Crippen MR) is 194 cm³/mol. The lowest BCUT2D eigenvalue weighted by Crippen LogP contribution is -2.01. The minimum Gasteiger partial charge on any atom is -0.494 e. The van der Waals surface area contributed by atoms with E-state index in [9.17, 15) is 0 Å². The van der Waals surface area contributed by atoms with Crippen LogP contribution in [0.25, 0.3) is 11.1 Å². The van der Waals surface area contributed by atoms with Crippen LogP contribution in [0.2, 0.25) is 0 Å². The maximum atomic E-state index is 6.16. The van der Waals surface area contributed by atoms with Crippen molar-refractivity contribution in [2.75, 3.05) is 13.2 Å². The van der Waals surface area contributed by atoms with E-state index < -0.39 is 0 Å². The third-order valence-corrected chi connectivity index (χ3v) is 9.20. The van der Waals surface area contributed by atoms with Gasteiger partial charge in [0.1, 0.15) is 5.75 Å². The number of hydrogen-bond acceptors (Lipinski definition) is 2. The molecule has 2 aromatic rings. The monoisotopic (exact) mass is 607 g/mol. The Bertz CT molecular complexity index is 872. The minimum absolute atomic E-state index is 0.146. The summed E-state index contributed by atoms with van der Waals surface area (Å²) in [6.07, 6.45) is 33.2. The van der Waals surface area contributed by atoms with Crippen molar-refractivity contribution in [3.8, 4) is 16.9 Å². The van der Waals surface area contributed by atoms with Crippen molar-refractivity contribution in [1.29, 1.82) is 0 Å². The standard InChI is InChI=1S/C42H70O2/c1-4-6-8-10-12-14-16-17-19-21-23-25-27-37-44-42-34-32-41(33-35-42)40-30-28-39(29-31-40)38(3)43-36-26-24-22-20-18-15-13-11-9-7-5-2/h28-35,38H,4-27,36-37H2,1-3H3. The van der Waals surface area contributed by atoms with E-state index in [-0.39, 0.29) is 6.10 Å². The Kier molecular flexibility index (Phi) is 24.0. The van der Waals surface area contributed by atoms with E-state index in [2.05, 4.69) is 69.3 Å². The molecule has 0 heterocycles. The second-order valence-corrected chi connectivity index (χ2v) is 13.3. The number of unbranched alkanes of at least 4 members (excludes halogenated alkanes) is 22. The lowest BCUT2D eigenvalue weighted by Gasteiger charge is -2.14. The van der Waals surface area contributed by atoms with Crippen molar-refractivity contribution >= 4 is 0 Å². The van der Waals surface area contributed by atoms with Gasteiger partial charge in [0.2, 0.25) is 0 Å². The number of hydrogen-bond donors (Lipinski definition) is 0. The Morgan fingerprint density at radius 1 is 0.409 bits per heavy atom. The maximum Gasteiger partial charge on any atom is 0.119 e. The predicted octanol–water partition coefficient (Wildman–Crippen LogP) is 14.2. The molecule has 0 aromatic heterocycles. The molecule has 0 fully saturated rings. The first-order chi connectivity index (χ1) is 21.7. The average Bonchev–Trinajstić information content (AvgIpc) is 3.05. The molecule has 2 heteroatoms. The van der Waals surface area contributed by atoms with Crippen LogP contribution in [0.3, 0.4) is 0 Å². The molecule has 44 heavy (non-hydrogen) atoms. The highest BCUT2D eigenvalue weighted by molar-refractivity contribution is 5.64. The van der Waals surface area contributed by atoms with Crippen molar-refractivity contribution < 1.29 is 9.47 Å². The molecule has 2 rings (SSSR count). The van der Waals surface area contributed by atoms with Gasteiger partial charge in [0.25, 0.3) is 0 Å². The fourth-order valence-corrected chi connectivity index (χ4v) is 6.12. The molecule has 0 spiro atoms. The van der Waals surface area contributed by atoms with Crippen LogP contribution in [0.1, 0.15) is 187 Å². The molecule has 2 aromatic carbocycles. The van der Waals surface area contributed by atoms with Crippen LogP contribution >= 0.6 is 0 Å². The van der Waals surface area contributed by atoms with E-state index >= 15 is 0 Å². The minimum atomic E-state index is 0.146. The van der Waals surface area contributed by atoms with Crippen molar-refractivity contribution in [3.63, 3.8) is 0 Å². The first-order valence-corrected chi connectivity index (χ1v) is 19.2. The van der Waals surface area contributed by atoms with Crippen LogP contribution in [0.15, 0.2) is 48.5 Å². The maximum absolute atomic E-state index is 6.16. The Balaban J connectivity index is 1.48. The normalized spacial score (nSPS) is 12.1.